The Morgan fingerprint density at radius 3 is 2.62 bits per heavy atom. The molecule has 0 bridgehead atoms. The van der Waals surface area contributed by atoms with E-state index in [4.69, 9.17) is 16.3 Å². The van der Waals surface area contributed by atoms with E-state index >= 15 is 0 Å². The number of hydrogen-bond donors (Lipinski definition) is 1. The molecule has 112 valence electrons. The Balaban J connectivity index is 2.17. The smallest absolute Gasteiger partial charge is 0.387 e. The number of hydrogen-bond acceptors (Lipinski definition) is 3. The molecule has 0 saturated carbocycles. The second kappa shape index (κ2) is 7.13. The van der Waals surface area contributed by atoms with E-state index in [9.17, 15) is 8.78 Å². The first-order chi connectivity index (χ1) is 10.1. The molecule has 0 aliphatic rings. The van der Waals surface area contributed by atoms with Crippen molar-refractivity contribution in [3.63, 3.8) is 0 Å². The fourth-order valence-corrected chi connectivity index (χ4v) is 2.07. The average Bonchev–Trinajstić information content (AvgIpc) is 2.47. The molecule has 0 amide bonds. The summed E-state index contributed by atoms with van der Waals surface area (Å²) in [5, 5.41) is 3.57. The highest BCUT2D eigenvalue weighted by molar-refractivity contribution is 6.30. The molecule has 6 heteroatoms. The third-order valence-electron chi connectivity index (χ3n) is 2.81. The van der Waals surface area contributed by atoms with Gasteiger partial charge in [0.15, 0.2) is 0 Å². The summed E-state index contributed by atoms with van der Waals surface area (Å²) in [5.41, 5.74) is 1.29. The van der Waals surface area contributed by atoms with Crippen LogP contribution in [0.2, 0.25) is 5.02 Å². The van der Waals surface area contributed by atoms with Gasteiger partial charge in [0.2, 0.25) is 0 Å². The van der Waals surface area contributed by atoms with Gasteiger partial charge in [-0.1, -0.05) is 23.7 Å². The van der Waals surface area contributed by atoms with E-state index in [2.05, 4.69) is 10.1 Å². The minimum atomic E-state index is -2.88. The molecule has 0 aliphatic heterocycles. The summed E-state index contributed by atoms with van der Waals surface area (Å²) in [6, 6.07) is 11.8. The van der Waals surface area contributed by atoms with Crippen LogP contribution >= 0.6 is 11.6 Å². The van der Waals surface area contributed by atoms with E-state index in [1.54, 1.807) is 19.2 Å². The van der Waals surface area contributed by atoms with Crippen LogP contribution in [0.15, 0.2) is 42.5 Å². The van der Waals surface area contributed by atoms with Gasteiger partial charge in [0, 0.05) is 17.1 Å². The van der Waals surface area contributed by atoms with Crippen molar-refractivity contribution in [1.82, 2.24) is 0 Å². The molecule has 21 heavy (non-hydrogen) atoms. The standard InChI is InChI=1S/C15H14ClF2NO2/c1-20-14-5-3-2-4-12(14)19-9-10-8-11(16)6-7-13(10)21-15(17)18/h2-8,15,19H,9H2,1H3. The Bertz CT molecular complexity index is 608. The summed E-state index contributed by atoms with van der Waals surface area (Å²) in [6.45, 7) is -2.60. The summed E-state index contributed by atoms with van der Waals surface area (Å²) in [7, 11) is 1.56. The Hall–Kier alpha value is -2.01. The molecule has 0 heterocycles. The molecular formula is C15H14ClF2NO2. The first kappa shape index (κ1) is 15.4. The fraction of sp³-hybridized carbons (Fsp3) is 0.200. The zero-order chi connectivity index (χ0) is 15.2. The molecule has 3 nitrogen and oxygen atoms in total. The first-order valence-corrected chi connectivity index (χ1v) is 6.58. The molecule has 0 atom stereocenters. The zero-order valence-corrected chi connectivity index (χ0v) is 12.0. The van der Waals surface area contributed by atoms with Crippen molar-refractivity contribution in [2.75, 3.05) is 12.4 Å². The molecule has 0 saturated heterocycles. The largest absolute Gasteiger partial charge is 0.495 e. The number of halogens is 3. The number of methoxy groups -OCH3 is 1. The maximum Gasteiger partial charge on any atom is 0.387 e. The van der Waals surface area contributed by atoms with Gasteiger partial charge in [-0.05, 0) is 30.3 Å². The van der Waals surface area contributed by atoms with E-state index in [1.807, 2.05) is 18.2 Å². The molecule has 0 unspecified atom stereocenters. The van der Waals surface area contributed by atoms with Crippen molar-refractivity contribution in [1.29, 1.82) is 0 Å². The minimum Gasteiger partial charge on any atom is -0.495 e. The van der Waals surface area contributed by atoms with Crippen molar-refractivity contribution in [3.8, 4) is 11.5 Å². The number of anilines is 1. The number of rotatable bonds is 6. The van der Waals surface area contributed by atoms with Gasteiger partial charge in [0.1, 0.15) is 11.5 Å². The minimum absolute atomic E-state index is 0.0943. The van der Waals surface area contributed by atoms with E-state index in [0.29, 0.717) is 16.3 Å². The molecular weight excluding hydrogens is 300 g/mol. The van der Waals surface area contributed by atoms with Gasteiger partial charge in [-0.3, -0.25) is 0 Å². The van der Waals surface area contributed by atoms with Crippen LogP contribution in [0.3, 0.4) is 0 Å². The van der Waals surface area contributed by atoms with Crippen molar-refractivity contribution >= 4 is 17.3 Å². The van der Waals surface area contributed by atoms with Gasteiger partial charge in [-0.15, -0.1) is 0 Å². The monoisotopic (exact) mass is 313 g/mol. The van der Waals surface area contributed by atoms with Crippen molar-refractivity contribution in [3.05, 3.63) is 53.1 Å². The Morgan fingerprint density at radius 2 is 1.90 bits per heavy atom. The number of nitrogens with one attached hydrogen (secondary N) is 1. The third-order valence-corrected chi connectivity index (χ3v) is 3.05. The molecule has 0 aliphatic carbocycles. The number of benzene rings is 2. The van der Waals surface area contributed by atoms with Gasteiger partial charge in [-0.2, -0.15) is 8.78 Å². The lowest BCUT2D eigenvalue weighted by molar-refractivity contribution is -0.0504. The maximum absolute atomic E-state index is 12.4. The van der Waals surface area contributed by atoms with Crippen molar-refractivity contribution in [2.45, 2.75) is 13.2 Å². The summed E-state index contributed by atoms with van der Waals surface area (Å²) >= 11 is 5.90. The highest BCUT2D eigenvalue weighted by atomic mass is 35.5. The van der Waals surface area contributed by atoms with Crippen LogP contribution in [0.25, 0.3) is 0 Å². The van der Waals surface area contributed by atoms with E-state index in [-0.39, 0.29) is 12.3 Å². The Labute approximate surface area is 126 Å². The van der Waals surface area contributed by atoms with Gasteiger partial charge in [0.05, 0.1) is 12.8 Å². The second-order valence-corrected chi connectivity index (χ2v) is 4.62. The van der Waals surface area contributed by atoms with Crippen LogP contribution in [0.1, 0.15) is 5.56 Å². The number of para-hydroxylation sites is 2. The topological polar surface area (TPSA) is 30.5 Å². The molecule has 2 aromatic rings. The summed E-state index contributed by atoms with van der Waals surface area (Å²) in [5.74, 6) is 0.757. The van der Waals surface area contributed by atoms with Gasteiger partial charge < -0.3 is 14.8 Å². The van der Waals surface area contributed by atoms with Crippen LogP contribution < -0.4 is 14.8 Å². The lowest BCUT2D eigenvalue weighted by Crippen LogP contribution is -2.07. The zero-order valence-electron chi connectivity index (χ0n) is 11.3. The first-order valence-electron chi connectivity index (χ1n) is 6.20. The third kappa shape index (κ3) is 4.23. The summed E-state index contributed by atoms with van der Waals surface area (Å²) < 4.78 is 34.5. The Morgan fingerprint density at radius 1 is 1.14 bits per heavy atom. The average molecular weight is 314 g/mol. The molecule has 0 aromatic heterocycles. The van der Waals surface area contributed by atoms with Gasteiger partial charge in [-0.25, -0.2) is 0 Å². The molecule has 0 spiro atoms. The van der Waals surface area contributed by atoms with Crippen LogP contribution in [0.5, 0.6) is 11.5 Å². The predicted molar refractivity (Wildman–Crippen MR) is 78.4 cm³/mol. The van der Waals surface area contributed by atoms with Crippen molar-refractivity contribution < 1.29 is 18.3 Å². The lowest BCUT2D eigenvalue weighted by Gasteiger charge is -2.14. The normalized spacial score (nSPS) is 10.5. The highest BCUT2D eigenvalue weighted by Gasteiger charge is 2.11. The van der Waals surface area contributed by atoms with Crippen LogP contribution in [0, 0.1) is 0 Å². The number of alkyl halides is 2. The molecule has 1 N–H and O–H groups in total. The van der Waals surface area contributed by atoms with Gasteiger partial charge >= 0.3 is 6.61 Å². The maximum atomic E-state index is 12.4. The SMILES string of the molecule is COc1ccccc1NCc1cc(Cl)ccc1OC(F)F. The molecule has 2 rings (SSSR count). The van der Waals surface area contributed by atoms with E-state index in [0.717, 1.165) is 5.69 Å². The molecule has 0 radical (unpaired) electrons. The summed E-state index contributed by atoms with van der Waals surface area (Å²) in [6.07, 6.45) is 0. The van der Waals surface area contributed by atoms with Crippen LogP contribution in [0.4, 0.5) is 14.5 Å². The van der Waals surface area contributed by atoms with Crippen molar-refractivity contribution in [2.24, 2.45) is 0 Å². The lowest BCUT2D eigenvalue weighted by atomic mass is 10.2. The summed E-state index contributed by atoms with van der Waals surface area (Å²) in [4.78, 5) is 0. The highest BCUT2D eigenvalue weighted by Crippen LogP contribution is 2.28. The second-order valence-electron chi connectivity index (χ2n) is 4.18. The Kier molecular flexibility index (Phi) is 5.22. The van der Waals surface area contributed by atoms with Crippen LogP contribution in [-0.2, 0) is 6.54 Å². The number of ether oxygens (including phenoxy) is 2. The van der Waals surface area contributed by atoms with Gasteiger partial charge in [0.25, 0.3) is 0 Å². The predicted octanol–water partition coefficient (Wildman–Crippen LogP) is 4.56. The van der Waals surface area contributed by atoms with E-state index < -0.39 is 6.61 Å². The molecule has 2 aromatic carbocycles. The fourth-order valence-electron chi connectivity index (χ4n) is 1.88. The molecule has 0 fully saturated rings. The quantitative estimate of drug-likeness (QED) is 0.848. The van der Waals surface area contributed by atoms with Crippen LogP contribution in [-0.4, -0.2) is 13.7 Å². The van der Waals surface area contributed by atoms with E-state index in [1.165, 1.54) is 12.1 Å².